The van der Waals surface area contributed by atoms with Gasteiger partial charge in [0.05, 0.1) is 4.83 Å². The summed E-state index contributed by atoms with van der Waals surface area (Å²) in [6, 6.07) is 19.3. The Labute approximate surface area is 150 Å². The lowest BCUT2D eigenvalue weighted by molar-refractivity contribution is 1.18. The third kappa shape index (κ3) is 2.96. The molecule has 0 amide bonds. The molecule has 106 valence electrons. The Hall–Kier alpha value is -0.640. The van der Waals surface area contributed by atoms with E-state index in [1.807, 2.05) is 0 Å². The molecule has 0 aliphatic heterocycles. The second-order valence-electron chi connectivity index (χ2n) is 5.05. The zero-order valence-corrected chi connectivity index (χ0v) is 16.2. The van der Waals surface area contributed by atoms with Gasteiger partial charge in [-0.15, -0.1) is 0 Å². The van der Waals surface area contributed by atoms with E-state index in [0.717, 1.165) is 8.95 Å². The summed E-state index contributed by atoms with van der Waals surface area (Å²) in [7, 11) is 0. The van der Waals surface area contributed by atoms with E-state index in [2.05, 4.69) is 109 Å². The average Bonchev–Trinajstić information content (AvgIpc) is 2.50. The van der Waals surface area contributed by atoms with Crippen LogP contribution in [0.25, 0.3) is 10.8 Å². The van der Waals surface area contributed by atoms with Crippen LogP contribution in [-0.4, -0.2) is 0 Å². The summed E-state index contributed by atoms with van der Waals surface area (Å²) in [5, 5.41) is 2.51. The molecule has 0 aliphatic carbocycles. The van der Waals surface area contributed by atoms with Crippen LogP contribution in [0.15, 0.2) is 63.5 Å². The van der Waals surface area contributed by atoms with Gasteiger partial charge in [-0.1, -0.05) is 90.3 Å². The predicted molar refractivity (Wildman–Crippen MR) is 101 cm³/mol. The van der Waals surface area contributed by atoms with Crippen LogP contribution in [0.2, 0.25) is 0 Å². The first-order valence-electron chi connectivity index (χ1n) is 6.65. The number of aryl methyl sites for hydroxylation is 1. The second-order valence-corrected chi connectivity index (χ2v) is 7.68. The second kappa shape index (κ2) is 6.23. The van der Waals surface area contributed by atoms with Gasteiger partial charge in [0.2, 0.25) is 0 Å². The smallest absolute Gasteiger partial charge is 0.0651 e. The fourth-order valence-electron chi connectivity index (χ4n) is 2.45. The Bertz CT molecular complexity index is 809. The zero-order valence-electron chi connectivity index (χ0n) is 11.4. The van der Waals surface area contributed by atoms with Crippen LogP contribution in [0.1, 0.15) is 21.5 Å². The number of benzene rings is 3. The standard InChI is InChI=1S/C18H13Br3/c1-11-6-7-12(10-17(11)20)18(21)15-8-9-16(19)14-5-3-2-4-13(14)15/h2-10,18H,1H3. The summed E-state index contributed by atoms with van der Waals surface area (Å²) in [5.41, 5.74) is 3.78. The number of fused-ring (bicyclic) bond motifs is 1. The van der Waals surface area contributed by atoms with Crippen molar-refractivity contribution >= 4 is 58.6 Å². The molecule has 0 bridgehead atoms. The van der Waals surface area contributed by atoms with Crippen LogP contribution >= 0.6 is 47.8 Å². The molecule has 3 rings (SSSR count). The third-order valence-electron chi connectivity index (χ3n) is 3.67. The van der Waals surface area contributed by atoms with Gasteiger partial charge in [0.25, 0.3) is 0 Å². The molecule has 0 heterocycles. The average molecular weight is 469 g/mol. The molecular formula is C18H13Br3. The minimum absolute atomic E-state index is 0.174. The molecule has 1 atom stereocenters. The van der Waals surface area contributed by atoms with Gasteiger partial charge in [0.15, 0.2) is 0 Å². The van der Waals surface area contributed by atoms with Crippen molar-refractivity contribution in [2.75, 3.05) is 0 Å². The lowest BCUT2D eigenvalue weighted by Gasteiger charge is -2.15. The first kappa shape index (κ1) is 15.3. The lowest BCUT2D eigenvalue weighted by Crippen LogP contribution is -1.95. The summed E-state index contributed by atoms with van der Waals surface area (Å²) < 4.78 is 2.28. The molecule has 3 aromatic carbocycles. The van der Waals surface area contributed by atoms with Gasteiger partial charge in [-0.2, -0.15) is 0 Å². The molecule has 0 spiro atoms. The summed E-state index contributed by atoms with van der Waals surface area (Å²) >= 11 is 11.1. The first-order chi connectivity index (χ1) is 10.1. The van der Waals surface area contributed by atoms with Crippen molar-refractivity contribution in [1.82, 2.24) is 0 Å². The maximum Gasteiger partial charge on any atom is 0.0651 e. The van der Waals surface area contributed by atoms with Crippen LogP contribution < -0.4 is 0 Å². The Balaban J connectivity index is 2.15. The minimum Gasteiger partial charge on any atom is -0.0786 e. The quantitative estimate of drug-likeness (QED) is 0.350. The van der Waals surface area contributed by atoms with Gasteiger partial charge in [-0.25, -0.2) is 0 Å². The lowest BCUT2D eigenvalue weighted by atomic mass is 9.98. The van der Waals surface area contributed by atoms with E-state index in [4.69, 9.17) is 0 Å². The Morgan fingerprint density at radius 3 is 2.24 bits per heavy atom. The van der Waals surface area contributed by atoms with E-state index < -0.39 is 0 Å². The molecule has 0 aromatic heterocycles. The van der Waals surface area contributed by atoms with E-state index in [1.54, 1.807) is 0 Å². The summed E-state index contributed by atoms with van der Waals surface area (Å²) in [6.07, 6.45) is 0. The van der Waals surface area contributed by atoms with Gasteiger partial charge in [-0.3, -0.25) is 0 Å². The molecule has 0 saturated carbocycles. The van der Waals surface area contributed by atoms with Crippen LogP contribution in [-0.2, 0) is 0 Å². The van der Waals surface area contributed by atoms with Crippen LogP contribution in [0.3, 0.4) is 0 Å². The third-order valence-corrected chi connectivity index (χ3v) is 6.23. The molecule has 0 aliphatic rings. The SMILES string of the molecule is Cc1ccc(C(Br)c2ccc(Br)c3ccccc23)cc1Br. The van der Waals surface area contributed by atoms with Crippen molar-refractivity contribution in [2.24, 2.45) is 0 Å². The summed E-state index contributed by atoms with van der Waals surface area (Å²) in [4.78, 5) is 0.174. The van der Waals surface area contributed by atoms with E-state index in [0.29, 0.717) is 0 Å². The Kier molecular flexibility index (Phi) is 4.53. The predicted octanol–water partition coefficient (Wildman–Crippen LogP) is 7.16. The first-order valence-corrected chi connectivity index (χ1v) is 9.15. The highest BCUT2D eigenvalue weighted by Crippen LogP contribution is 2.38. The molecule has 1 unspecified atom stereocenters. The molecule has 21 heavy (non-hydrogen) atoms. The van der Waals surface area contributed by atoms with Crippen molar-refractivity contribution in [3.05, 3.63) is 80.2 Å². The van der Waals surface area contributed by atoms with E-state index in [-0.39, 0.29) is 4.83 Å². The largest absolute Gasteiger partial charge is 0.0786 e. The van der Waals surface area contributed by atoms with Crippen molar-refractivity contribution < 1.29 is 0 Å². The van der Waals surface area contributed by atoms with Gasteiger partial charge < -0.3 is 0 Å². The molecular weight excluding hydrogens is 456 g/mol. The molecule has 0 nitrogen and oxygen atoms in total. The highest BCUT2D eigenvalue weighted by molar-refractivity contribution is 9.11. The number of hydrogen-bond acceptors (Lipinski definition) is 0. The van der Waals surface area contributed by atoms with Gasteiger partial charge in [0, 0.05) is 8.95 Å². The highest BCUT2D eigenvalue weighted by atomic mass is 79.9. The normalized spacial score (nSPS) is 12.6. The number of hydrogen-bond donors (Lipinski definition) is 0. The molecule has 3 heteroatoms. The van der Waals surface area contributed by atoms with Crippen molar-refractivity contribution in [2.45, 2.75) is 11.8 Å². The topological polar surface area (TPSA) is 0 Å². The fourth-order valence-corrected chi connectivity index (χ4v) is 4.01. The van der Waals surface area contributed by atoms with Crippen molar-refractivity contribution in [3.63, 3.8) is 0 Å². The Morgan fingerprint density at radius 2 is 1.52 bits per heavy atom. The summed E-state index contributed by atoms with van der Waals surface area (Å²) in [5.74, 6) is 0. The van der Waals surface area contributed by atoms with Crippen LogP contribution in [0.5, 0.6) is 0 Å². The molecule has 0 fully saturated rings. The van der Waals surface area contributed by atoms with E-state index >= 15 is 0 Å². The monoisotopic (exact) mass is 466 g/mol. The van der Waals surface area contributed by atoms with Gasteiger partial charge >= 0.3 is 0 Å². The molecule has 0 saturated heterocycles. The number of rotatable bonds is 2. The van der Waals surface area contributed by atoms with Crippen molar-refractivity contribution in [1.29, 1.82) is 0 Å². The maximum absolute atomic E-state index is 3.86. The van der Waals surface area contributed by atoms with E-state index in [1.165, 1.54) is 27.5 Å². The fraction of sp³-hybridized carbons (Fsp3) is 0.111. The minimum atomic E-state index is 0.174. The number of alkyl halides is 1. The summed E-state index contributed by atoms with van der Waals surface area (Å²) in [6.45, 7) is 2.10. The highest BCUT2D eigenvalue weighted by Gasteiger charge is 2.15. The van der Waals surface area contributed by atoms with Crippen molar-refractivity contribution in [3.8, 4) is 0 Å². The number of halogens is 3. The zero-order chi connectivity index (χ0) is 15.0. The van der Waals surface area contributed by atoms with E-state index in [9.17, 15) is 0 Å². The van der Waals surface area contributed by atoms with Crippen LogP contribution in [0.4, 0.5) is 0 Å². The maximum atomic E-state index is 3.86. The molecule has 0 N–H and O–H groups in total. The van der Waals surface area contributed by atoms with Gasteiger partial charge in [-0.05, 0) is 46.5 Å². The van der Waals surface area contributed by atoms with Gasteiger partial charge in [0.1, 0.15) is 0 Å². The Morgan fingerprint density at radius 1 is 0.810 bits per heavy atom. The molecule has 0 radical (unpaired) electrons. The molecule has 3 aromatic rings. The van der Waals surface area contributed by atoms with Crippen LogP contribution in [0, 0.1) is 6.92 Å².